The zero-order chi connectivity index (χ0) is 20.1. The van der Waals surface area contributed by atoms with Crippen molar-refractivity contribution < 1.29 is 14.7 Å². The molecule has 1 aliphatic heterocycles. The van der Waals surface area contributed by atoms with Crippen LogP contribution < -0.4 is 0 Å². The van der Waals surface area contributed by atoms with E-state index in [0.717, 1.165) is 6.42 Å². The second-order valence-electron chi connectivity index (χ2n) is 8.98. The van der Waals surface area contributed by atoms with Crippen LogP contribution in [0.15, 0.2) is 12.2 Å². The van der Waals surface area contributed by atoms with E-state index in [4.69, 9.17) is 11.5 Å². The van der Waals surface area contributed by atoms with Gasteiger partial charge in [0.25, 0.3) is 11.8 Å². The van der Waals surface area contributed by atoms with E-state index >= 15 is 0 Å². The Labute approximate surface area is 153 Å². The minimum atomic E-state index is -0.605. The smallest absolute Gasteiger partial charge is 0.254 e. The first-order valence-corrected chi connectivity index (χ1v) is 8.85. The predicted octanol–water partition coefficient (Wildman–Crippen LogP) is 3.79. The van der Waals surface area contributed by atoms with Gasteiger partial charge in [0.2, 0.25) is 0 Å². The number of rotatable bonds is 6. The molecule has 0 atom stereocenters. The van der Waals surface area contributed by atoms with Crippen molar-refractivity contribution in [1.29, 1.82) is 0 Å². The van der Waals surface area contributed by atoms with Crippen LogP contribution in [0.25, 0.3) is 0 Å². The van der Waals surface area contributed by atoms with E-state index in [0.29, 0.717) is 17.8 Å². The molecule has 0 aliphatic carbocycles. The predicted molar refractivity (Wildman–Crippen MR) is 103 cm³/mol. The first kappa shape index (κ1) is 23.4. The fourth-order valence-electron chi connectivity index (χ4n) is 2.78. The van der Waals surface area contributed by atoms with Crippen molar-refractivity contribution in [2.45, 2.75) is 73.8 Å². The van der Waals surface area contributed by atoms with Gasteiger partial charge in [-0.3, -0.25) is 14.5 Å². The van der Waals surface area contributed by atoms with Gasteiger partial charge in [-0.15, -0.1) is 12.3 Å². The van der Waals surface area contributed by atoms with Crippen LogP contribution >= 0.6 is 0 Å². The van der Waals surface area contributed by atoms with Gasteiger partial charge in [-0.1, -0.05) is 27.7 Å². The second kappa shape index (κ2) is 8.67. The Morgan fingerprint density at radius 2 is 1.52 bits per heavy atom. The quantitative estimate of drug-likeness (QED) is 0.586. The molecule has 0 aromatic heterocycles. The van der Waals surface area contributed by atoms with Crippen molar-refractivity contribution in [1.82, 2.24) is 4.90 Å². The van der Waals surface area contributed by atoms with Gasteiger partial charge < -0.3 is 5.11 Å². The highest BCUT2D eigenvalue weighted by atomic mass is 16.3. The molecular weight excluding hydrogens is 314 g/mol. The highest BCUT2D eigenvalue weighted by Gasteiger charge is 2.36. The van der Waals surface area contributed by atoms with Crippen molar-refractivity contribution in [2.75, 3.05) is 6.61 Å². The van der Waals surface area contributed by atoms with E-state index in [1.807, 2.05) is 0 Å². The normalized spacial score (nSPS) is 15.3. The lowest BCUT2D eigenvalue weighted by molar-refractivity contribution is -0.143. The molecule has 4 heteroatoms. The van der Waals surface area contributed by atoms with Crippen LogP contribution in [0.5, 0.6) is 0 Å². The number of amides is 2. The van der Waals surface area contributed by atoms with E-state index in [2.05, 4.69) is 47.5 Å². The van der Waals surface area contributed by atoms with Crippen molar-refractivity contribution in [3.63, 3.8) is 0 Å². The summed E-state index contributed by atoms with van der Waals surface area (Å²) < 4.78 is 0. The summed E-state index contributed by atoms with van der Waals surface area (Å²) in [6, 6.07) is 0. The maximum Gasteiger partial charge on any atom is 0.254 e. The van der Waals surface area contributed by atoms with Crippen molar-refractivity contribution >= 4 is 11.8 Å². The molecule has 142 valence electrons. The second-order valence-corrected chi connectivity index (χ2v) is 8.98. The van der Waals surface area contributed by atoms with Crippen LogP contribution in [-0.2, 0) is 9.59 Å². The summed E-state index contributed by atoms with van der Waals surface area (Å²) in [6.45, 7) is 16.8. The van der Waals surface area contributed by atoms with Gasteiger partial charge in [-0.2, -0.15) is 0 Å². The van der Waals surface area contributed by atoms with Crippen LogP contribution in [0.2, 0.25) is 0 Å². The first-order chi connectivity index (χ1) is 11.2. The molecule has 4 nitrogen and oxygen atoms in total. The Morgan fingerprint density at radius 3 is 1.84 bits per heavy atom. The maximum atomic E-state index is 11.2. The average molecular weight is 350 g/mol. The van der Waals surface area contributed by atoms with Crippen LogP contribution in [0.3, 0.4) is 0 Å². The zero-order valence-electron chi connectivity index (χ0n) is 17.1. The highest BCUT2D eigenvalue weighted by Crippen LogP contribution is 2.38. The zero-order valence-corrected chi connectivity index (χ0v) is 17.1. The third-order valence-electron chi connectivity index (χ3n) is 4.99. The molecule has 0 unspecified atom stereocenters. The van der Waals surface area contributed by atoms with E-state index in [9.17, 15) is 9.59 Å². The van der Waals surface area contributed by atoms with E-state index in [1.165, 1.54) is 17.1 Å². The number of carbonyl (C=O) groups excluding carboxylic acids is 2. The summed E-state index contributed by atoms with van der Waals surface area (Å²) in [5.41, 5.74) is -0.226. The number of terminal acetylenes is 1. The number of aliphatic hydroxyl groups excluding tert-OH is 1. The molecule has 0 spiro atoms. The molecule has 1 aliphatic rings. The SMILES string of the molecule is C#CC(C)(C)CC(C)(C)C(C)C.CC(C)(CCO)N1C(=O)C=CC1=O. The van der Waals surface area contributed by atoms with Crippen LogP contribution in [0.1, 0.15) is 68.2 Å². The molecule has 0 aromatic rings. The molecule has 1 rings (SSSR count). The minimum Gasteiger partial charge on any atom is -0.396 e. The molecule has 0 saturated carbocycles. The number of aliphatic hydroxyl groups is 1. The van der Waals surface area contributed by atoms with Crippen molar-refractivity contribution in [3.05, 3.63) is 12.2 Å². The standard InChI is InChI=1S/C12H22.C9H13NO3/c1-8-11(4,5)9-12(6,7)10(2)3;1-9(2,5-6-11)10-7(12)3-4-8(10)13/h1,10H,9H2,2-7H3;3-4,11H,5-6H2,1-2H3. The summed E-state index contributed by atoms with van der Waals surface area (Å²) in [6.07, 6.45) is 9.45. The topological polar surface area (TPSA) is 57.6 Å². The summed E-state index contributed by atoms with van der Waals surface area (Å²) in [5, 5.41) is 8.77. The summed E-state index contributed by atoms with van der Waals surface area (Å²) >= 11 is 0. The summed E-state index contributed by atoms with van der Waals surface area (Å²) in [4.78, 5) is 23.7. The fraction of sp³-hybridized carbons (Fsp3) is 0.714. The Bertz CT molecular complexity index is 530. The number of hydrogen-bond donors (Lipinski definition) is 1. The average Bonchev–Trinajstić information content (AvgIpc) is 2.78. The lowest BCUT2D eigenvalue weighted by Crippen LogP contribution is -2.48. The molecular formula is C21H35NO3. The van der Waals surface area contributed by atoms with E-state index < -0.39 is 5.54 Å². The van der Waals surface area contributed by atoms with Gasteiger partial charge in [-0.05, 0) is 51.9 Å². The molecule has 0 fully saturated rings. The third-order valence-corrected chi connectivity index (χ3v) is 4.99. The Morgan fingerprint density at radius 1 is 1.08 bits per heavy atom. The molecule has 1 heterocycles. The van der Waals surface area contributed by atoms with Gasteiger partial charge in [0, 0.05) is 29.7 Å². The highest BCUT2D eigenvalue weighted by molar-refractivity contribution is 6.13. The Balaban J connectivity index is 0.000000463. The number of hydrogen-bond acceptors (Lipinski definition) is 3. The van der Waals surface area contributed by atoms with Crippen LogP contribution in [0, 0.1) is 29.1 Å². The van der Waals surface area contributed by atoms with E-state index in [1.54, 1.807) is 13.8 Å². The Hall–Kier alpha value is -1.60. The third kappa shape index (κ3) is 7.04. The maximum absolute atomic E-state index is 11.2. The van der Waals surface area contributed by atoms with Gasteiger partial charge in [0.15, 0.2) is 0 Å². The monoisotopic (exact) mass is 349 g/mol. The molecule has 1 N–H and O–H groups in total. The summed E-state index contributed by atoms with van der Waals surface area (Å²) in [7, 11) is 0. The first-order valence-electron chi connectivity index (χ1n) is 8.85. The molecule has 0 bridgehead atoms. The van der Waals surface area contributed by atoms with Crippen LogP contribution in [0.4, 0.5) is 0 Å². The molecule has 2 amide bonds. The van der Waals surface area contributed by atoms with Crippen molar-refractivity contribution in [3.8, 4) is 12.3 Å². The summed E-state index contributed by atoms with van der Waals surface area (Å²) in [5.74, 6) is 2.93. The van der Waals surface area contributed by atoms with Gasteiger partial charge in [0.05, 0.1) is 0 Å². The van der Waals surface area contributed by atoms with Crippen LogP contribution in [-0.4, -0.2) is 34.0 Å². The number of imide groups is 1. The largest absolute Gasteiger partial charge is 0.396 e. The molecule has 25 heavy (non-hydrogen) atoms. The Kier molecular flexibility index (Phi) is 8.11. The fourth-order valence-corrected chi connectivity index (χ4v) is 2.78. The van der Waals surface area contributed by atoms with Gasteiger partial charge >= 0.3 is 0 Å². The van der Waals surface area contributed by atoms with Gasteiger partial charge in [-0.25, -0.2) is 0 Å². The number of nitrogens with zero attached hydrogens (tertiary/aromatic N) is 1. The minimum absolute atomic E-state index is 0.0355. The molecule has 0 saturated heterocycles. The van der Waals surface area contributed by atoms with E-state index in [-0.39, 0.29) is 23.8 Å². The van der Waals surface area contributed by atoms with Gasteiger partial charge in [0.1, 0.15) is 0 Å². The molecule has 0 radical (unpaired) electrons. The number of carbonyl (C=O) groups is 2. The lowest BCUT2D eigenvalue weighted by Gasteiger charge is -2.35. The van der Waals surface area contributed by atoms with Crippen molar-refractivity contribution in [2.24, 2.45) is 16.7 Å². The lowest BCUT2D eigenvalue weighted by atomic mass is 9.70. The molecule has 0 aromatic carbocycles.